The molecular weight excluding hydrogens is 335 g/mol. The van der Waals surface area contributed by atoms with Crippen LogP contribution in [0.1, 0.15) is 40.5 Å². The molecule has 4 rings (SSSR count). The van der Waals surface area contributed by atoms with E-state index >= 15 is 0 Å². The predicted molar refractivity (Wildman–Crippen MR) is 94.8 cm³/mol. The molecule has 0 unspecified atom stereocenters. The molecule has 0 radical (unpaired) electrons. The number of hydrogen-bond donors (Lipinski definition) is 1. The van der Waals surface area contributed by atoms with Crippen molar-refractivity contribution in [2.75, 3.05) is 13.1 Å². The largest absolute Gasteiger partial charge is 0.338 e. The number of halogens is 1. The third-order valence-corrected chi connectivity index (χ3v) is 4.85. The molecule has 0 spiro atoms. The number of aromatic nitrogens is 3. The van der Waals surface area contributed by atoms with Gasteiger partial charge in [0.2, 0.25) is 0 Å². The molecule has 1 aliphatic rings. The van der Waals surface area contributed by atoms with Crippen molar-refractivity contribution in [3.05, 3.63) is 69.5 Å². The van der Waals surface area contributed by atoms with Crippen molar-refractivity contribution in [1.82, 2.24) is 19.5 Å². The van der Waals surface area contributed by atoms with Crippen molar-refractivity contribution in [3.8, 4) is 0 Å². The highest BCUT2D eigenvalue weighted by Crippen LogP contribution is 2.27. The molecule has 3 heterocycles. The first-order valence-corrected chi connectivity index (χ1v) is 8.66. The van der Waals surface area contributed by atoms with Crippen LogP contribution in [-0.2, 0) is 0 Å². The van der Waals surface area contributed by atoms with Crippen molar-refractivity contribution < 1.29 is 9.18 Å². The van der Waals surface area contributed by atoms with E-state index in [1.165, 1.54) is 22.7 Å². The summed E-state index contributed by atoms with van der Waals surface area (Å²) in [4.78, 5) is 30.8. The lowest BCUT2D eigenvalue weighted by Crippen LogP contribution is -2.39. The summed E-state index contributed by atoms with van der Waals surface area (Å²) in [5, 5.41) is 3.10. The van der Waals surface area contributed by atoms with Gasteiger partial charge in [-0.25, -0.2) is 13.9 Å². The first-order chi connectivity index (χ1) is 12.5. The Kier molecular flexibility index (Phi) is 4.06. The zero-order valence-corrected chi connectivity index (χ0v) is 14.4. The lowest BCUT2D eigenvalue weighted by Gasteiger charge is -2.32. The van der Waals surface area contributed by atoms with Crippen molar-refractivity contribution in [3.63, 3.8) is 0 Å². The van der Waals surface area contributed by atoms with Crippen molar-refractivity contribution in [1.29, 1.82) is 0 Å². The molecule has 0 aliphatic carbocycles. The Balaban J connectivity index is 1.61. The molecule has 7 heteroatoms. The number of carbonyl (C=O) groups excluding carboxylic acids is 1. The number of rotatable bonds is 2. The van der Waals surface area contributed by atoms with Crippen LogP contribution < -0.4 is 5.56 Å². The van der Waals surface area contributed by atoms with Gasteiger partial charge < -0.3 is 4.90 Å². The fraction of sp³-hybridized carbons (Fsp3) is 0.316. The number of aryl methyl sites for hydroxylation is 1. The average molecular weight is 354 g/mol. The summed E-state index contributed by atoms with van der Waals surface area (Å²) in [5.74, 6) is -0.743. The van der Waals surface area contributed by atoms with Gasteiger partial charge in [-0.3, -0.25) is 14.7 Å². The number of amides is 1. The molecular formula is C19H19FN4O2. The Morgan fingerprint density at radius 1 is 1.31 bits per heavy atom. The number of hydrogen-bond acceptors (Lipinski definition) is 3. The Hall–Kier alpha value is -2.96. The van der Waals surface area contributed by atoms with E-state index in [-0.39, 0.29) is 22.9 Å². The van der Waals surface area contributed by atoms with Crippen LogP contribution in [0, 0.1) is 12.7 Å². The standard InChI is InChI=1S/C19H19FN4O2/c1-12-9-18(25)24-17(21-12)10-16(22-24)13-5-4-8-23(11-13)19(26)14-6-2-3-7-15(14)20/h2-3,6-7,9-10,13,22H,4-5,8,11H2,1H3/t13-/m0/s1. The van der Waals surface area contributed by atoms with Gasteiger partial charge in [-0.1, -0.05) is 12.1 Å². The fourth-order valence-electron chi connectivity index (χ4n) is 3.56. The SMILES string of the molecule is Cc1cc(=O)n2[nH]c([C@H]3CCCN(C(=O)c4ccccc4F)C3)cc2n1. The van der Waals surface area contributed by atoms with Crippen LogP contribution in [0.5, 0.6) is 0 Å². The number of likely N-dealkylation sites (tertiary alicyclic amines) is 1. The second-order valence-electron chi connectivity index (χ2n) is 6.71. The third kappa shape index (κ3) is 2.89. The molecule has 0 bridgehead atoms. The van der Waals surface area contributed by atoms with E-state index in [1.54, 1.807) is 24.0 Å². The van der Waals surface area contributed by atoms with Crippen LogP contribution in [-0.4, -0.2) is 38.5 Å². The number of carbonyl (C=O) groups is 1. The first kappa shape index (κ1) is 16.5. The molecule has 1 N–H and O–H groups in total. The third-order valence-electron chi connectivity index (χ3n) is 4.85. The molecule has 1 saturated heterocycles. The van der Waals surface area contributed by atoms with Gasteiger partial charge in [-0.05, 0) is 31.9 Å². The topological polar surface area (TPSA) is 70.5 Å². The lowest BCUT2D eigenvalue weighted by molar-refractivity contribution is 0.0701. The number of aromatic amines is 1. The Bertz CT molecular complexity index is 1040. The highest BCUT2D eigenvalue weighted by molar-refractivity contribution is 5.94. The lowest BCUT2D eigenvalue weighted by atomic mass is 9.94. The maximum atomic E-state index is 13.9. The van der Waals surface area contributed by atoms with Crippen LogP contribution >= 0.6 is 0 Å². The van der Waals surface area contributed by atoms with E-state index in [1.807, 2.05) is 6.07 Å². The van der Waals surface area contributed by atoms with Crippen molar-refractivity contribution in [2.45, 2.75) is 25.7 Å². The molecule has 6 nitrogen and oxygen atoms in total. The maximum absolute atomic E-state index is 13.9. The molecule has 134 valence electrons. The van der Waals surface area contributed by atoms with Gasteiger partial charge in [0.1, 0.15) is 5.82 Å². The number of benzene rings is 1. The van der Waals surface area contributed by atoms with Crippen LogP contribution in [0.15, 0.2) is 41.2 Å². The van der Waals surface area contributed by atoms with Crippen molar-refractivity contribution >= 4 is 11.6 Å². The Morgan fingerprint density at radius 2 is 2.12 bits per heavy atom. The number of fused-ring (bicyclic) bond motifs is 1. The zero-order chi connectivity index (χ0) is 18.3. The molecule has 1 atom stereocenters. The molecule has 1 aliphatic heterocycles. The molecule has 2 aromatic heterocycles. The quantitative estimate of drug-likeness (QED) is 0.769. The number of H-pyrrole nitrogens is 1. The summed E-state index contributed by atoms with van der Waals surface area (Å²) in [5.41, 5.74) is 2.04. The highest BCUT2D eigenvalue weighted by atomic mass is 19.1. The van der Waals surface area contributed by atoms with Crippen LogP contribution in [0.2, 0.25) is 0 Å². The minimum absolute atomic E-state index is 0.0564. The molecule has 1 aromatic carbocycles. The maximum Gasteiger partial charge on any atom is 0.272 e. The smallest absolute Gasteiger partial charge is 0.272 e. The normalized spacial score (nSPS) is 17.6. The predicted octanol–water partition coefficient (Wildman–Crippen LogP) is 2.49. The minimum atomic E-state index is -0.503. The van der Waals surface area contributed by atoms with Gasteiger partial charge in [0, 0.05) is 42.5 Å². The monoisotopic (exact) mass is 354 g/mol. The number of nitrogens with zero attached hydrogens (tertiary/aromatic N) is 3. The fourth-order valence-corrected chi connectivity index (χ4v) is 3.56. The number of piperidine rings is 1. The van der Waals surface area contributed by atoms with Gasteiger partial charge >= 0.3 is 0 Å². The Morgan fingerprint density at radius 3 is 2.92 bits per heavy atom. The summed E-state index contributed by atoms with van der Waals surface area (Å²) >= 11 is 0. The van der Waals surface area contributed by atoms with E-state index in [0.29, 0.717) is 24.4 Å². The second-order valence-corrected chi connectivity index (χ2v) is 6.71. The summed E-state index contributed by atoms with van der Waals surface area (Å²) < 4.78 is 15.4. The molecule has 1 fully saturated rings. The first-order valence-electron chi connectivity index (χ1n) is 8.66. The van der Waals surface area contributed by atoms with Crippen molar-refractivity contribution in [2.24, 2.45) is 0 Å². The zero-order valence-electron chi connectivity index (χ0n) is 14.4. The second kappa shape index (κ2) is 6.40. The summed E-state index contributed by atoms with van der Waals surface area (Å²) in [6.45, 7) is 2.86. The molecule has 0 saturated carbocycles. The molecule has 3 aromatic rings. The van der Waals surface area contributed by atoms with E-state index in [0.717, 1.165) is 18.5 Å². The average Bonchev–Trinajstić information content (AvgIpc) is 3.06. The van der Waals surface area contributed by atoms with E-state index in [4.69, 9.17) is 0 Å². The van der Waals surface area contributed by atoms with Gasteiger partial charge in [-0.2, -0.15) is 0 Å². The van der Waals surface area contributed by atoms with Gasteiger partial charge in [0.05, 0.1) is 5.56 Å². The van der Waals surface area contributed by atoms with Crippen LogP contribution in [0.25, 0.3) is 5.65 Å². The highest BCUT2D eigenvalue weighted by Gasteiger charge is 2.28. The molecule has 26 heavy (non-hydrogen) atoms. The Labute approximate surface area is 149 Å². The summed E-state index contributed by atoms with van der Waals surface area (Å²) in [7, 11) is 0. The van der Waals surface area contributed by atoms with Crippen LogP contribution in [0.4, 0.5) is 4.39 Å². The number of nitrogens with one attached hydrogen (secondary N) is 1. The van der Waals surface area contributed by atoms with E-state index < -0.39 is 5.82 Å². The van der Waals surface area contributed by atoms with Gasteiger partial charge in [-0.15, -0.1) is 0 Å². The van der Waals surface area contributed by atoms with Gasteiger partial charge in [0.15, 0.2) is 5.65 Å². The minimum Gasteiger partial charge on any atom is -0.338 e. The summed E-state index contributed by atoms with van der Waals surface area (Å²) in [6.07, 6.45) is 1.71. The van der Waals surface area contributed by atoms with E-state index in [2.05, 4.69) is 10.1 Å². The van der Waals surface area contributed by atoms with Crippen LogP contribution in [0.3, 0.4) is 0 Å². The van der Waals surface area contributed by atoms with Gasteiger partial charge in [0.25, 0.3) is 11.5 Å². The van der Waals surface area contributed by atoms with E-state index in [9.17, 15) is 14.0 Å². The summed E-state index contributed by atoms with van der Waals surface area (Å²) in [6, 6.07) is 9.37. The molecule has 1 amide bonds.